The third kappa shape index (κ3) is 10.3. The van der Waals surface area contributed by atoms with E-state index in [2.05, 4.69) is 20.9 Å². The maximum Gasteiger partial charge on any atom is 0.335 e. The largest absolute Gasteiger partial charge is 0.478 e. The molecule has 0 saturated carbocycles. The molecule has 304 valence electrons. The van der Waals surface area contributed by atoms with Crippen LogP contribution in [-0.4, -0.2) is 110 Å². The van der Waals surface area contributed by atoms with E-state index in [1.165, 1.54) is 34.4 Å². The predicted octanol–water partition coefficient (Wildman–Crippen LogP) is 1.92. The number of nitrogens with one attached hydrogen (secondary N) is 4. The molecule has 18 heteroatoms. The van der Waals surface area contributed by atoms with Crippen LogP contribution in [0.4, 0.5) is 0 Å². The SMILES string of the molecule is Cc1cc(CC(=O)N2CC(OCc3cc(CC(=O)N4CC(O)CC4C(=O)NCc4ccc(C(C=N)C=N)cc4)on3)CC2C(=O)NCc2ccc(C(=O)O)cc2)on1. The van der Waals surface area contributed by atoms with Crippen LogP contribution in [0.1, 0.15) is 68.7 Å². The van der Waals surface area contributed by atoms with Gasteiger partial charge in [-0.2, -0.15) is 0 Å². The number of aliphatic hydroxyl groups excluding tert-OH is 1. The van der Waals surface area contributed by atoms with Crippen molar-refractivity contribution in [3.05, 3.63) is 106 Å². The molecule has 2 saturated heterocycles. The fraction of sp³-hybridized carbons (Fsp3) is 0.375. The monoisotopic (exact) mass is 796 g/mol. The van der Waals surface area contributed by atoms with Crippen LogP contribution in [-0.2, 0) is 56.5 Å². The number of ether oxygens (including phenoxy) is 1. The molecule has 4 aromatic rings. The number of aryl methyl sites for hydroxylation is 1. The van der Waals surface area contributed by atoms with Crippen molar-refractivity contribution < 1.29 is 48.0 Å². The molecule has 4 atom stereocenters. The molecule has 2 aromatic carbocycles. The summed E-state index contributed by atoms with van der Waals surface area (Å²) in [7, 11) is 0. The molecule has 4 heterocycles. The number of nitrogens with zero attached hydrogens (tertiary/aromatic N) is 4. The minimum absolute atomic E-state index is 0.0248. The van der Waals surface area contributed by atoms with Gasteiger partial charge in [0.25, 0.3) is 0 Å². The number of hydrogen-bond donors (Lipinski definition) is 6. The van der Waals surface area contributed by atoms with Gasteiger partial charge >= 0.3 is 5.97 Å². The number of likely N-dealkylation sites (tertiary alicyclic amines) is 2. The lowest BCUT2D eigenvalue weighted by atomic mass is 10.0. The number of aromatic nitrogens is 2. The highest BCUT2D eigenvalue weighted by atomic mass is 16.5. The molecule has 6 rings (SSSR count). The molecule has 0 aliphatic carbocycles. The van der Waals surface area contributed by atoms with E-state index >= 15 is 0 Å². The van der Waals surface area contributed by atoms with Crippen molar-refractivity contribution in [2.75, 3.05) is 13.1 Å². The van der Waals surface area contributed by atoms with Crippen LogP contribution in [0.2, 0.25) is 0 Å². The fourth-order valence-electron chi connectivity index (χ4n) is 6.97. The Bertz CT molecular complexity index is 2120. The van der Waals surface area contributed by atoms with Crippen molar-refractivity contribution in [3.63, 3.8) is 0 Å². The number of carboxylic acids is 1. The normalized spacial score (nSPS) is 19.4. The molecular weight excluding hydrogens is 752 g/mol. The highest BCUT2D eigenvalue weighted by Gasteiger charge is 2.41. The van der Waals surface area contributed by atoms with Gasteiger partial charge in [-0.15, -0.1) is 0 Å². The number of β-amino-alcohol motifs (C(OH)–C–C–N with tert-alkyl or cyclic N) is 1. The van der Waals surface area contributed by atoms with Crippen molar-refractivity contribution in [3.8, 4) is 0 Å². The number of rotatable bonds is 17. The molecule has 2 fully saturated rings. The molecule has 58 heavy (non-hydrogen) atoms. The topological polar surface area (TPSA) is 265 Å². The minimum atomic E-state index is -1.06. The number of aromatic carboxylic acids is 1. The van der Waals surface area contributed by atoms with E-state index in [0.717, 1.165) is 11.1 Å². The predicted molar refractivity (Wildman–Crippen MR) is 204 cm³/mol. The van der Waals surface area contributed by atoms with Crippen molar-refractivity contribution in [1.82, 2.24) is 30.7 Å². The zero-order chi connectivity index (χ0) is 41.3. The summed E-state index contributed by atoms with van der Waals surface area (Å²) in [5.74, 6) is -2.54. The molecule has 2 aliphatic rings. The van der Waals surface area contributed by atoms with Crippen molar-refractivity contribution in [2.24, 2.45) is 0 Å². The third-order valence-corrected chi connectivity index (χ3v) is 10.0. The molecule has 6 N–H and O–H groups in total. The van der Waals surface area contributed by atoms with Crippen molar-refractivity contribution in [1.29, 1.82) is 10.8 Å². The number of hydrogen-bond acceptors (Lipinski definition) is 13. The number of benzene rings is 2. The lowest BCUT2D eigenvalue weighted by Gasteiger charge is -2.23. The van der Waals surface area contributed by atoms with Gasteiger partial charge in [0.2, 0.25) is 23.6 Å². The summed E-state index contributed by atoms with van der Waals surface area (Å²) in [5, 5.41) is 47.9. The van der Waals surface area contributed by atoms with Gasteiger partial charge in [-0.25, -0.2) is 4.79 Å². The van der Waals surface area contributed by atoms with E-state index in [4.69, 9.17) is 29.7 Å². The van der Waals surface area contributed by atoms with Gasteiger partial charge in [0.15, 0.2) is 0 Å². The average molecular weight is 797 g/mol. The van der Waals surface area contributed by atoms with Crippen molar-refractivity contribution >= 4 is 42.0 Å². The van der Waals surface area contributed by atoms with Gasteiger partial charge in [0.05, 0.1) is 48.8 Å². The van der Waals surface area contributed by atoms with Gasteiger partial charge < -0.3 is 55.2 Å². The van der Waals surface area contributed by atoms with Crippen molar-refractivity contribution in [2.45, 2.75) is 82.5 Å². The quantitative estimate of drug-likeness (QED) is 0.0838. The molecule has 2 aliphatic heterocycles. The summed E-state index contributed by atoms with van der Waals surface area (Å²) < 4.78 is 16.7. The third-order valence-electron chi connectivity index (χ3n) is 10.0. The molecule has 2 aromatic heterocycles. The first kappa shape index (κ1) is 41.1. The standard InChI is InChI=1S/C40H44N8O10/c1-23-10-31(57-45-23)14-37(51)48-21-33(13-35(48)39(53)44-19-25-4-8-27(9-5-25)40(54)55)56-22-29-11-32(58-46-29)15-36(50)47-20-30(49)12-34(47)38(52)43-18-24-2-6-26(7-3-24)28(16-41)17-42/h2-11,16-17,28,30,33-35,41-42,49H,12-15,18-22H2,1H3,(H,43,52)(H,44,53)(H,54,55). The maximum atomic E-state index is 13.4. The minimum Gasteiger partial charge on any atom is -0.478 e. The first-order chi connectivity index (χ1) is 27.9. The Morgan fingerprint density at radius 1 is 0.828 bits per heavy atom. The van der Waals surface area contributed by atoms with E-state index in [-0.39, 0.29) is 75.7 Å². The Morgan fingerprint density at radius 3 is 1.95 bits per heavy atom. The van der Waals surface area contributed by atoms with Crippen LogP contribution in [0, 0.1) is 17.7 Å². The Morgan fingerprint density at radius 2 is 1.38 bits per heavy atom. The summed E-state index contributed by atoms with van der Waals surface area (Å²) in [4.78, 5) is 67.3. The maximum absolute atomic E-state index is 13.4. The van der Waals surface area contributed by atoms with Crippen LogP contribution < -0.4 is 10.6 Å². The number of carbonyl (C=O) groups is 5. The van der Waals surface area contributed by atoms with Crippen LogP contribution in [0.3, 0.4) is 0 Å². The number of carbonyl (C=O) groups excluding carboxylic acids is 4. The second-order valence-electron chi connectivity index (χ2n) is 14.3. The first-order valence-corrected chi connectivity index (χ1v) is 18.6. The fourth-order valence-corrected chi connectivity index (χ4v) is 6.97. The van der Waals surface area contributed by atoms with Gasteiger partial charge in [0, 0.05) is 63.6 Å². The van der Waals surface area contributed by atoms with Gasteiger partial charge in [-0.3, -0.25) is 19.2 Å². The summed E-state index contributed by atoms with van der Waals surface area (Å²) in [6, 6.07) is 14.7. The first-order valence-electron chi connectivity index (χ1n) is 18.6. The molecule has 18 nitrogen and oxygen atoms in total. The van der Waals surface area contributed by atoms with E-state index in [9.17, 15) is 29.1 Å². The Hall–Kier alpha value is -6.53. The van der Waals surface area contributed by atoms with Crippen LogP contribution >= 0.6 is 0 Å². The van der Waals surface area contributed by atoms with Gasteiger partial charge in [-0.05, 0) is 35.7 Å². The van der Waals surface area contributed by atoms with E-state index in [1.54, 1.807) is 55.5 Å². The number of amides is 4. The van der Waals surface area contributed by atoms with E-state index < -0.39 is 53.9 Å². The molecule has 4 amide bonds. The average Bonchev–Trinajstić information content (AvgIpc) is 4.03. The highest BCUT2D eigenvalue weighted by Crippen LogP contribution is 2.25. The zero-order valence-corrected chi connectivity index (χ0v) is 31.6. The van der Waals surface area contributed by atoms with Gasteiger partial charge in [0.1, 0.15) is 29.3 Å². The Balaban J connectivity index is 1.02. The number of carboxylic acid groups (broad SMARTS) is 1. The Labute approximate surface area is 332 Å². The van der Waals surface area contributed by atoms with Gasteiger partial charge in [-0.1, -0.05) is 46.7 Å². The zero-order valence-electron chi connectivity index (χ0n) is 31.6. The Kier molecular flexibility index (Phi) is 13.2. The van der Waals surface area contributed by atoms with E-state index in [0.29, 0.717) is 22.7 Å². The summed E-state index contributed by atoms with van der Waals surface area (Å²) in [6.07, 6.45) is 0.815. The van der Waals surface area contributed by atoms with Crippen LogP contribution in [0.15, 0.2) is 69.7 Å². The molecule has 0 bridgehead atoms. The molecule has 0 spiro atoms. The lowest BCUT2D eigenvalue weighted by Crippen LogP contribution is -2.46. The smallest absolute Gasteiger partial charge is 0.335 e. The molecular formula is C40H44N8O10. The summed E-state index contributed by atoms with van der Waals surface area (Å²) in [5.41, 5.74) is 3.34. The second-order valence-corrected chi connectivity index (χ2v) is 14.3. The second kappa shape index (κ2) is 18.6. The summed E-state index contributed by atoms with van der Waals surface area (Å²) in [6.45, 7) is 2.06. The highest BCUT2D eigenvalue weighted by molar-refractivity contribution is 5.90. The lowest BCUT2D eigenvalue weighted by molar-refractivity contribution is -0.138. The van der Waals surface area contributed by atoms with Crippen LogP contribution in [0.5, 0.6) is 0 Å². The number of aliphatic hydroxyl groups is 1. The molecule has 4 unspecified atom stereocenters. The van der Waals surface area contributed by atoms with E-state index in [1.807, 2.05) is 0 Å². The summed E-state index contributed by atoms with van der Waals surface area (Å²) >= 11 is 0. The molecule has 0 radical (unpaired) electrons. The van der Waals surface area contributed by atoms with Crippen LogP contribution in [0.25, 0.3) is 0 Å².